The van der Waals surface area contributed by atoms with Crippen molar-refractivity contribution in [3.8, 4) is 0 Å². The predicted octanol–water partition coefficient (Wildman–Crippen LogP) is 6.54. The number of alkyl halides is 3. The summed E-state index contributed by atoms with van der Waals surface area (Å²) < 4.78 is 49.8. The van der Waals surface area contributed by atoms with Gasteiger partial charge in [0.25, 0.3) is 0 Å². The SMILES string of the molecule is CC(C)N(CCN(C(=O)CNc1cccc2c1N(C)CCN(CC1CC1)C2)C(c1ccccc1)C(F)(F)F)C(=O)OC(C)(C)C. The quantitative estimate of drug-likeness (QED) is 0.304. The Morgan fingerprint density at radius 1 is 0.978 bits per heavy atom. The molecule has 1 aliphatic carbocycles. The molecule has 248 valence electrons. The van der Waals surface area contributed by atoms with E-state index in [1.807, 2.05) is 19.2 Å². The van der Waals surface area contributed by atoms with Gasteiger partial charge in [-0.3, -0.25) is 9.69 Å². The molecule has 1 N–H and O–H groups in total. The van der Waals surface area contributed by atoms with Gasteiger partial charge >= 0.3 is 12.3 Å². The average molecular weight is 632 g/mol. The van der Waals surface area contributed by atoms with Crippen LogP contribution >= 0.6 is 0 Å². The summed E-state index contributed by atoms with van der Waals surface area (Å²) in [6, 6.07) is 10.7. The van der Waals surface area contributed by atoms with E-state index >= 15 is 0 Å². The average Bonchev–Trinajstić information content (AvgIpc) is 3.78. The normalized spacial score (nSPS) is 16.5. The summed E-state index contributed by atoms with van der Waals surface area (Å²) in [5.74, 6) is 0.0354. The van der Waals surface area contributed by atoms with Gasteiger partial charge in [-0.2, -0.15) is 13.2 Å². The Kier molecular flexibility index (Phi) is 10.9. The van der Waals surface area contributed by atoms with Gasteiger partial charge in [0.05, 0.1) is 17.9 Å². The van der Waals surface area contributed by atoms with Crippen molar-refractivity contribution in [2.24, 2.45) is 5.92 Å². The Balaban J connectivity index is 1.59. The number of likely N-dealkylation sites (N-methyl/N-ethyl adjacent to an activating group) is 1. The van der Waals surface area contributed by atoms with Crippen molar-refractivity contribution in [1.82, 2.24) is 14.7 Å². The van der Waals surface area contributed by atoms with Crippen molar-refractivity contribution in [3.63, 3.8) is 0 Å². The molecule has 2 aromatic carbocycles. The maximum Gasteiger partial charge on any atom is 0.413 e. The van der Waals surface area contributed by atoms with Gasteiger partial charge in [-0.15, -0.1) is 0 Å². The maximum absolute atomic E-state index is 14.8. The largest absolute Gasteiger partial charge is 0.444 e. The minimum Gasteiger partial charge on any atom is -0.444 e. The maximum atomic E-state index is 14.8. The van der Waals surface area contributed by atoms with E-state index in [0.29, 0.717) is 5.69 Å². The number of hydrogen-bond acceptors (Lipinski definition) is 6. The number of anilines is 2. The minimum atomic E-state index is -4.75. The molecule has 2 aliphatic rings. The molecule has 0 spiro atoms. The Bertz CT molecular complexity index is 1290. The highest BCUT2D eigenvalue weighted by molar-refractivity contribution is 5.84. The Labute approximate surface area is 265 Å². The molecule has 2 aromatic rings. The summed E-state index contributed by atoms with van der Waals surface area (Å²) in [5.41, 5.74) is 1.96. The van der Waals surface area contributed by atoms with E-state index in [2.05, 4.69) is 21.2 Å². The molecule has 1 atom stereocenters. The summed E-state index contributed by atoms with van der Waals surface area (Å²) in [4.78, 5) is 33.6. The summed E-state index contributed by atoms with van der Waals surface area (Å²) in [6.45, 7) is 11.5. The molecule has 8 nitrogen and oxygen atoms in total. The first kappa shape index (κ1) is 34.4. The molecule has 1 heterocycles. The lowest BCUT2D eigenvalue weighted by Crippen LogP contribution is -2.50. The van der Waals surface area contributed by atoms with Gasteiger partial charge in [-0.05, 0) is 70.6 Å². The van der Waals surface area contributed by atoms with Gasteiger partial charge in [0.2, 0.25) is 5.91 Å². The fourth-order valence-corrected chi connectivity index (χ4v) is 5.80. The number of nitrogens with one attached hydrogen (secondary N) is 1. The molecule has 1 unspecified atom stereocenters. The molecule has 1 fully saturated rings. The molecule has 11 heteroatoms. The van der Waals surface area contributed by atoms with Crippen molar-refractivity contribution in [3.05, 3.63) is 59.7 Å². The molecule has 0 radical (unpaired) electrons. The molecule has 1 aliphatic heterocycles. The highest BCUT2D eigenvalue weighted by Crippen LogP contribution is 2.39. The van der Waals surface area contributed by atoms with Crippen LogP contribution in [0.1, 0.15) is 64.6 Å². The fourth-order valence-electron chi connectivity index (χ4n) is 5.80. The number of carbonyl (C=O) groups excluding carboxylic acids is 2. The van der Waals surface area contributed by atoms with Crippen LogP contribution in [0.4, 0.5) is 29.3 Å². The smallest absolute Gasteiger partial charge is 0.413 e. The molecule has 0 bridgehead atoms. The number of hydrogen-bond donors (Lipinski definition) is 1. The molecule has 2 amide bonds. The van der Waals surface area contributed by atoms with Crippen molar-refractivity contribution >= 4 is 23.4 Å². The van der Waals surface area contributed by atoms with Gasteiger partial charge < -0.3 is 24.8 Å². The van der Waals surface area contributed by atoms with E-state index in [1.54, 1.807) is 40.7 Å². The number of carbonyl (C=O) groups is 2. The Morgan fingerprint density at radius 2 is 1.64 bits per heavy atom. The van der Waals surface area contributed by atoms with Crippen LogP contribution in [0.2, 0.25) is 0 Å². The van der Waals surface area contributed by atoms with E-state index in [-0.39, 0.29) is 31.2 Å². The van der Waals surface area contributed by atoms with Gasteiger partial charge in [-0.25, -0.2) is 4.79 Å². The van der Waals surface area contributed by atoms with E-state index in [0.717, 1.165) is 48.2 Å². The number of para-hydroxylation sites is 1. The van der Waals surface area contributed by atoms with Crippen molar-refractivity contribution < 1.29 is 27.5 Å². The highest BCUT2D eigenvalue weighted by Gasteiger charge is 2.46. The third-order valence-corrected chi connectivity index (χ3v) is 8.18. The van der Waals surface area contributed by atoms with E-state index in [9.17, 15) is 22.8 Å². The van der Waals surface area contributed by atoms with Crippen LogP contribution in [0.25, 0.3) is 0 Å². The third kappa shape index (κ3) is 9.51. The lowest BCUT2D eigenvalue weighted by molar-refractivity contribution is -0.192. The van der Waals surface area contributed by atoms with Gasteiger partial charge in [-0.1, -0.05) is 42.5 Å². The zero-order valence-corrected chi connectivity index (χ0v) is 27.4. The first-order valence-electron chi connectivity index (χ1n) is 15.8. The number of ether oxygens (including phenoxy) is 1. The standard InChI is InChI=1S/C34H48F3N5O3/c1-24(2)41(32(44)45-33(3,4)5)19-20-42(31(34(35,36)37)26-11-8-7-9-12-26)29(43)21-38-28-14-10-13-27-23-40(22-25-15-16-25)18-17-39(6)30(27)28/h7-14,24-25,31,38H,15-23H2,1-6H3. The van der Waals surface area contributed by atoms with Gasteiger partial charge in [0.15, 0.2) is 6.04 Å². The van der Waals surface area contributed by atoms with Crippen LogP contribution in [-0.2, 0) is 16.1 Å². The second-order valence-corrected chi connectivity index (χ2v) is 13.5. The molecule has 4 rings (SSSR count). The lowest BCUT2D eigenvalue weighted by Gasteiger charge is -2.36. The molecule has 0 saturated heterocycles. The highest BCUT2D eigenvalue weighted by atomic mass is 19.4. The zero-order chi connectivity index (χ0) is 32.9. The van der Waals surface area contributed by atoms with Gasteiger partial charge in [0, 0.05) is 52.4 Å². The number of fused-ring (bicyclic) bond motifs is 1. The van der Waals surface area contributed by atoms with Crippen LogP contribution < -0.4 is 10.2 Å². The van der Waals surface area contributed by atoms with E-state index in [4.69, 9.17) is 4.74 Å². The first-order valence-corrected chi connectivity index (χ1v) is 15.8. The number of halogens is 3. The third-order valence-electron chi connectivity index (χ3n) is 8.18. The van der Waals surface area contributed by atoms with Crippen LogP contribution in [-0.4, -0.2) is 90.8 Å². The second kappa shape index (κ2) is 14.3. The zero-order valence-electron chi connectivity index (χ0n) is 27.4. The van der Waals surface area contributed by atoms with Crippen LogP contribution in [0.3, 0.4) is 0 Å². The lowest BCUT2D eigenvalue weighted by atomic mass is 10.0. The topological polar surface area (TPSA) is 68.4 Å². The fraction of sp³-hybridized carbons (Fsp3) is 0.588. The monoisotopic (exact) mass is 631 g/mol. The van der Waals surface area contributed by atoms with E-state index in [1.165, 1.54) is 42.0 Å². The molecule has 1 saturated carbocycles. The number of amides is 2. The number of rotatable bonds is 11. The van der Waals surface area contributed by atoms with Crippen LogP contribution in [0.15, 0.2) is 48.5 Å². The molecular formula is C34H48F3N5O3. The minimum absolute atomic E-state index is 0.0456. The summed E-state index contributed by atoms with van der Waals surface area (Å²) in [6.07, 6.45) is -2.85. The van der Waals surface area contributed by atoms with Crippen molar-refractivity contribution in [1.29, 1.82) is 0 Å². The Hall–Kier alpha value is -3.47. The molecule has 45 heavy (non-hydrogen) atoms. The van der Waals surface area contributed by atoms with Crippen molar-refractivity contribution in [2.75, 3.05) is 56.5 Å². The first-order chi connectivity index (χ1) is 21.1. The summed E-state index contributed by atoms with van der Waals surface area (Å²) in [7, 11) is 2.00. The second-order valence-electron chi connectivity index (χ2n) is 13.5. The van der Waals surface area contributed by atoms with Gasteiger partial charge in [0.1, 0.15) is 5.60 Å². The number of nitrogens with zero attached hydrogens (tertiary/aromatic N) is 4. The summed E-state index contributed by atoms with van der Waals surface area (Å²) >= 11 is 0. The van der Waals surface area contributed by atoms with Crippen molar-refractivity contribution in [2.45, 2.75) is 77.9 Å². The predicted molar refractivity (Wildman–Crippen MR) is 171 cm³/mol. The Morgan fingerprint density at radius 3 is 2.24 bits per heavy atom. The molecular weight excluding hydrogens is 583 g/mol. The molecule has 0 aromatic heterocycles. The summed E-state index contributed by atoms with van der Waals surface area (Å²) in [5, 5.41) is 3.18. The van der Waals surface area contributed by atoms with E-state index < -0.39 is 29.8 Å². The number of benzene rings is 2. The van der Waals surface area contributed by atoms with Crippen LogP contribution in [0.5, 0.6) is 0 Å². The van der Waals surface area contributed by atoms with Crippen LogP contribution in [0, 0.1) is 5.92 Å².